The molecule has 8 nitrogen and oxygen atoms in total. The van der Waals surface area contributed by atoms with E-state index in [-0.39, 0.29) is 11.4 Å². The normalized spacial score (nSPS) is 11.8. The van der Waals surface area contributed by atoms with E-state index in [0.29, 0.717) is 11.3 Å². The van der Waals surface area contributed by atoms with Crippen LogP contribution in [0.15, 0.2) is 87.7 Å². The highest BCUT2D eigenvalue weighted by Gasteiger charge is 2.27. The molecule has 28 heavy (non-hydrogen) atoms. The number of carbonyl (C=O) groups excluding carboxylic acids is 1. The Kier molecular flexibility index (Phi) is 6.30. The zero-order valence-electron chi connectivity index (χ0n) is 14.8. The van der Waals surface area contributed by atoms with Crippen LogP contribution in [0, 0.1) is 0 Å². The minimum atomic E-state index is -3.90. The molecule has 0 spiro atoms. The van der Waals surface area contributed by atoms with Crippen molar-refractivity contribution in [1.29, 1.82) is 0 Å². The average Bonchev–Trinajstić information content (AvgIpc) is 3.22. The van der Waals surface area contributed by atoms with Crippen molar-refractivity contribution in [3.8, 4) is 0 Å². The zero-order chi connectivity index (χ0) is 19.8. The standard InChI is InChI=1S/C19H18N4O4S/c24-19(22-21-13-16-6-4-10-20-12-16)15-23(14-17-7-5-11-27-17)28(25,26)18-8-2-1-3-9-18/h1-13H,14-15H2,(H,22,24)/b21-13-. The van der Waals surface area contributed by atoms with Gasteiger partial charge in [-0.05, 0) is 30.3 Å². The molecule has 0 unspecified atom stereocenters. The number of pyridine rings is 1. The van der Waals surface area contributed by atoms with Gasteiger partial charge < -0.3 is 4.42 Å². The van der Waals surface area contributed by atoms with Gasteiger partial charge in [-0.3, -0.25) is 9.78 Å². The Labute approximate surface area is 162 Å². The molecule has 0 aliphatic rings. The summed E-state index contributed by atoms with van der Waals surface area (Å²) in [5, 5.41) is 3.84. The minimum Gasteiger partial charge on any atom is -0.468 e. The molecule has 0 bridgehead atoms. The summed E-state index contributed by atoms with van der Waals surface area (Å²) in [6.45, 7) is -0.494. The molecule has 1 N–H and O–H groups in total. The average molecular weight is 398 g/mol. The van der Waals surface area contributed by atoms with Crippen LogP contribution in [0.3, 0.4) is 0 Å². The lowest BCUT2D eigenvalue weighted by atomic mass is 10.3. The van der Waals surface area contributed by atoms with Crippen molar-refractivity contribution in [2.75, 3.05) is 6.54 Å². The predicted molar refractivity (Wildman–Crippen MR) is 103 cm³/mol. The Hall–Kier alpha value is -3.30. The van der Waals surface area contributed by atoms with Crippen LogP contribution < -0.4 is 5.43 Å². The molecule has 144 valence electrons. The van der Waals surface area contributed by atoms with Crippen LogP contribution in [-0.2, 0) is 21.4 Å². The molecule has 2 aromatic heterocycles. The molecule has 1 amide bonds. The van der Waals surface area contributed by atoms with Gasteiger partial charge in [0.2, 0.25) is 10.0 Å². The second-order valence-electron chi connectivity index (χ2n) is 5.75. The van der Waals surface area contributed by atoms with Crippen LogP contribution in [0.1, 0.15) is 11.3 Å². The summed E-state index contributed by atoms with van der Waals surface area (Å²) in [5.41, 5.74) is 3.03. The summed E-state index contributed by atoms with van der Waals surface area (Å²) in [6, 6.07) is 14.7. The number of furan rings is 1. The van der Waals surface area contributed by atoms with Crippen molar-refractivity contribution in [3.63, 3.8) is 0 Å². The fourth-order valence-corrected chi connectivity index (χ4v) is 3.75. The highest BCUT2D eigenvalue weighted by molar-refractivity contribution is 7.89. The Morgan fingerprint density at radius 3 is 2.64 bits per heavy atom. The Morgan fingerprint density at radius 2 is 1.96 bits per heavy atom. The molecule has 0 radical (unpaired) electrons. The highest BCUT2D eigenvalue weighted by atomic mass is 32.2. The Morgan fingerprint density at radius 1 is 1.14 bits per heavy atom. The molecule has 1 aromatic carbocycles. The van der Waals surface area contributed by atoms with Gasteiger partial charge in [0.15, 0.2) is 0 Å². The number of nitrogens with one attached hydrogen (secondary N) is 1. The van der Waals surface area contributed by atoms with E-state index in [1.54, 1.807) is 54.9 Å². The van der Waals surface area contributed by atoms with Gasteiger partial charge in [-0.25, -0.2) is 13.8 Å². The molecule has 3 aromatic rings. The van der Waals surface area contributed by atoms with Gasteiger partial charge in [0, 0.05) is 18.0 Å². The van der Waals surface area contributed by atoms with Crippen LogP contribution in [0.5, 0.6) is 0 Å². The maximum atomic E-state index is 12.9. The fourth-order valence-electron chi connectivity index (χ4n) is 2.37. The lowest BCUT2D eigenvalue weighted by Gasteiger charge is -2.20. The number of hydrazone groups is 1. The Balaban J connectivity index is 1.73. The summed E-state index contributed by atoms with van der Waals surface area (Å²) in [5.74, 6) is -0.155. The largest absolute Gasteiger partial charge is 0.468 e. The van der Waals surface area contributed by atoms with E-state index in [1.807, 2.05) is 0 Å². The molecular formula is C19H18N4O4S. The maximum absolute atomic E-state index is 12.9. The van der Waals surface area contributed by atoms with Gasteiger partial charge in [0.05, 0.1) is 30.5 Å². The van der Waals surface area contributed by atoms with Gasteiger partial charge >= 0.3 is 0 Å². The third-order valence-corrected chi connectivity index (χ3v) is 5.51. The van der Waals surface area contributed by atoms with E-state index < -0.39 is 22.5 Å². The van der Waals surface area contributed by atoms with E-state index in [1.165, 1.54) is 24.6 Å². The second kappa shape index (κ2) is 9.07. The van der Waals surface area contributed by atoms with Gasteiger partial charge in [-0.1, -0.05) is 24.3 Å². The van der Waals surface area contributed by atoms with E-state index in [2.05, 4.69) is 15.5 Å². The summed E-state index contributed by atoms with van der Waals surface area (Å²) in [6.07, 6.45) is 6.07. The number of hydrogen-bond donors (Lipinski definition) is 1. The molecule has 0 aliphatic carbocycles. The molecule has 0 saturated heterocycles. The summed E-state index contributed by atoms with van der Waals surface area (Å²) >= 11 is 0. The first kappa shape index (κ1) is 19.5. The maximum Gasteiger partial charge on any atom is 0.255 e. The number of hydrogen-bond acceptors (Lipinski definition) is 6. The predicted octanol–water partition coefficient (Wildman–Crippen LogP) is 2.02. The third-order valence-electron chi connectivity index (χ3n) is 3.70. The van der Waals surface area contributed by atoms with Gasteiger partial charge in [-0.2, -0.15) is 9.41 Å². The van der Waals surface area contributed by atoms with Crippen LogP contribution in [-0.4, -0.2) is 36.4 Å². The number of rotatable bonds is 8. The SMILES string of the molecule is O=C(CN(Cc1ccco1)S(=O)(=O)c1ccccc1)N/N=C\c1cccnc1. The van der Waals surface area contributed by atoms with Crippen molar-refractivity contribution in [2.24, 2.45) is 5.10 Å². The number of benzene rings is 1. The lowest BCUT2D eigenvalue weighted by Crippen LogP contribution is -2.38. The van der Waals surface area contributed by atoms with E-state index in [9.17, 15) is 13.2 Å². The highest BCUT2D eigenvalue weighted by Crippen LogP contribution is 2.18. The van der Waals surface area contributed by atoms with Crippen LogP contribution >= 0.6 is 0 Å². The second-order valence-corrected chi connectivity index (χ2v) is 7.68. The number of sulfonamides is 1. The van der Waals surface area contributed by atoms with Crippen molar-refractivity contribution in [1.82, 2.24) is 14.7 Å². The monoisotopic (exact) mass is 398 g/mol. The quantitative estimate of drug-likeness (QED) is 0.462. The topological polar surface area (TPSA) is 105 Å². The van der Waals surface area contributed by atoms with Gasteiger partial charge in [0.1, 0.15) is 5.76 Å². The van der Waals surface area contributed by atoms with Gasteiger partial charge in [-0.15, -0.1) is 0 Å². The van der Waals surface area contributed by atoms with Crippen molar-refractivity contribution < 1.29 is 17.6 Å². The molecule has 0 atom stereocenters. The fraction of sp³-hybridized carbons (Fsp3) is 0.105. The molecule has 2 heterocycles. The molecule has 9 heteroatoms. The van der Waals surface area contributed by atoms with Gasteiger partial charge in [0.25, 0.3) is 5.91 Å². The van der Waals surface area contributed by atoms with E-state index >= 15 is 0 Å². The number of nitrogens with zero attached hydrogens (tertiary/aromatic N) is 3. The molecular weight excluding hydrogens is 380 g/mol. The lowest BCUT2D eigenvalue weighted by molar-refractivity contribution is -0.121. The van der Waals surface area contributed by atoms with Crippen LogP contribution in [0.2, 0.25) is 0 Å². The van der Waals surface area contributed by atoms with Crippen molar-refractivity contribution >= 4 is 22.1 Å². The molecule has 0 saturated carbocycles. The minimum absolute atomic E-state index is 0.0794. The van der Waals surface area contributed by atoms with Crippen LogP contribution in [0.4, 0.5) is 0 Å². The first-order valence-corrected chi connectivity index (χ1v) is 9.79. The summed E-state index contributed by atoms with van der Waals surface area (Å²) < 4.78 is 32.2. The molecule has 0 aliphatic heterocycles. The number of carbonyl (C=O) groups is 1. The van der Waals surface area contributed by atoms with Crippen molar-refractivity contribution in [3.05, 3.63) is 84.6 Å². The van der Waals surface area contributed by atoms with Crippen LogP contribution in [0.25, 0.3) is 0 Å². The first-order valence-electron chi connectivity index (χ1n) is 8.35. The van der Waals surface area contributed by atoms with E-state index in [0.717, 1.165) is 4.31 Å². The number of aromatic nitrogens is 1. The third kappa shape index (κ3) is 5.12. The van der Waals surface area contributed by atoms with Crippen molar-refractivity contribution in [2.45, 2.75) is 11.4 Å². The molecule has 3 rings (SSSR count). The van der Waals surface area contributed by atoms with E-state index in [4.69, 9.17) is 4.42 Å². The Bertz CT molecular complexity index is 1020. The summed E-state index contributed by atoms with van der Waals surface area (Å²) in [7, 11) is -3.90. The smallest absolute Gasteiger partial charge is 0.255 e. The summed E-state index contributed by atoms with van der Waals surface area (Å²) in [4.78, 5) is 16.3. The molecule has 0 fully saturated rings. The number of amides is 1. The zero-order valence-corrected chi connectivity index (χ0v) is 15.6. The first-order chi connectivity index (χ1) is 13.6.